The molecule has 0 bridgehead atoms. The number of carbonyl (C=O) groups is 1. The highest BCUT2D eigenvalue weighted by Crippen LogP contribution is 2.25. The molecule has 0 spiro atoms. The molecule has 1 N–H and O–H groups in total. The number of carboxylic acids is 1. The molecule has 0 aromatic carbocycles. The van der Waals surface area contributed by atoms with Crippen LogP contribution in [0.4, 0.5) is 0 Å². The summed E-state index contributed by atoms with van der Waals surface area (Å²) in [5, 5.41) is 9.70. The summed E-state index contributed by atoms with van der Waals surface area (Å²) in [7, 11) is 0. The lowest BCUT2D eigenvalue weighted by Crippen LogP contribution is -2.09. The Morgan fingerprint density at radius 1 is 1.50 bits per heavy atom. The molecule has 0 aliphatic rings. The molecule has 0 saturated carbocycles. The van der Waals surface area contributed by atoms with Crippen LogP contribution in [-0.2, 0) is 6.42 Å². The monoisotopic (exact) mass is 286 g/mol. The van der Waals surface area contributed by atoms with Gasteiger partial charge >= 0.3 is 5.97 Å². The van der Waals surface area contributed by atoms with E-state index >= 15 is 0 Å². The van der Waals surface area contributed by atoms with Crippen molar-refractivity contribution in [3.63, 3.8) is 0 Å². The molecule has 0 radical (unpaired) electrons. The largest absolute Gasteiger partial charge is 0.478 e. The molecule has 0 aliphatic heterocycles. The number of hydrogen-bond donors (Lipinski definition) is 1. The van der Waals surface area contributed by atoms with Crippen LogP contribution in [0.2, 0.25) is 0 Å². The predicted octanol–water partition coefficient (Wildman–Crippen LogP) is 3.28. The Morgan fingerprint density at radius 3 is 2.67 bits per heavy atom. The second-order valence-corrected chi connectivity index (χ2v) is 4.99. The first kappa shape index (κ1) is 15.0. The number of rotatable bonds is 5. The van der Waals surface area contributed by atoms with Crippen molar-refractivity contribution >= 4 is 29.3 Å². The molecule has 0 fully saturated rings. The predicted molar refractivity (Wildman–Crippen MR) is 73.4 cm³/mol. The second-order valence-electron chi connectivity index (χ2n) is 3.81. The van der Waals surface area contributed by atoms with Crippen LogP contribution in [0.1, 0.15) is 35.7 Å². The zero-order chi connectivity index (χ0) is 13.7. The molecule has 1 rings (SSSR count). The van der Waals surface area contributed by atoms with Gasteiger partial charge in [-0.25, -0.2) is 14.8 Å². The molecule has 0 unspecified atom stereocenters. The van der Waals surface area contributed by atoms with Crippen LogP contribution in [0.3, 0.4) is 0 Å². The van der Waals surface area contributed by atoms with Crippen molar-refractivity contribution in [1.29, 1.82) is 0 Å². The molecule has 6 heteroatoms. The average molecular weight is 287 g/mol. The van der Waals surface area contributed by atoms with Crippen LogP contribution in [0.15, 0.2) is 16.1 Å². The summed E-state index contributed by atoms with van der Waals surface area (Å²) in [6.45, 7) is 5.52. The molecule has 0 saturated heterocycles. The number of aromatic carboxylic acids is 1. The van der Waals surface area contributed by atoms with Crippen LogP contribution >= 0.6 is 23.4 Å². The van der Waals surface area contributed by atoms with E-state index in [0.29, 0.717) is 28.7 Å². The van der Waals surface area contributed by atoms with Gasteiger partial charge < -0.3 is 5.11 Å². The number of nitrogens with zero attached hydrogens (tertiary/aromatic N) is 2. The van der Waals surface area contributed by atoms with Crippen LogP contribution in [-0.4, -0.2) is 26.8 Å². The smallest absolute Gasteiger partial charge is 0.340 e. The summed E-state index contributed by atoms with van der Waals surface area (Å²) in [5.41, 5.74) is 3.14. The van der Waals surface area contributed by atoms with Crippen LogP contribution in [0, 0.1) is 6.92 Å². The Hall–Kier alpha value is -1.07. The molecule has 0 aliphatic carbocycles. The van der Waals surface area contributed by atoms with Crippen molar-refractivity contribution in [2.45, 2.75) is 32.2 Å². The molecule has 1 aromatic rings. The molecular formula is C12H15ClN2O2S. The van der Waals surface area contributed by atoms with E-state index in [-0.39, 0.29) is 5.56 Å². The summed E-state index contributed by atoms with van der Waals surface area (Å²) in [6.07, 6.45) is 0.679. The Balaban J connectivity index is 3.13. The molecule has 18 heavy (non-hydrogen) atoms. The zero-order valence-corrected chi connectivity index (χ0v) is 12.1. The van der Waals surface area contributed by atoms with Gasteiger partial charge in [-0.2, -0.15) is 0 Å². The normalized spacial score (nSPS) is 11.7. The average Bonchev–Trinajstić information content (AvgIpc) is 2.34. The number of hydrogen-bond acceptors (Lipinski definition) is 4. The maximum absolute atomic E-state index is 11.2. The van der Waals surface area contributed by atoms with E-state index in [1.54, 1.807) is 6.92 Å². The Kier molecular flexibility index (Phi) is 5.62. The highest BCUT2D eigenvalue weighted by Gasteiger charge is 2.17. The summed E-state index contributed by atoms with van der Waals surface area (Å²) < 4.78 is 0. The SMILES string of the molecule is CCc1nc(C)c(C(=O)O)c(SCC(C)=CCl)n1. The third-order valence-electron chi connectivity index (χ3n) is 2.26. The highest BCUT2D eigenvalue weighted by atomic mass is 35.5. The van der Waals surface area contributed by atoms with Crippen molar-refractivity contribution < 1.29 is 9.90 Å². The Morgan fingerprint density at radius 2 is 2.17 bits per heavy atom. The van der Waals surface area contributed by atoms with E-state index in [1.807, 2.05) is 13.8 Å². The van der Waals surface area contributed by atoms with Gasteiger partial charge in [0.05, 0.1) is 5.69 Å². The van der Waals surface area contributed by atoms with E-state index in [1.165, 1.54) is 17.3 Å². The topological polar surface area (TPSA) is 63.1 Å². The van der Waals surface area contributed by atoms with Crippen molar-refractivity contribution in [2.75, 3.05) is 5.75 Å². The molecule has 1 aromatic heterocycles. The fraction of sp³-hybridized carbons (Fsp3) is 0.417. The van der Waals surface area contributed by atoms with Crippen LogP contribution < -0.4 is 0 Å². The third kappa shape index (κ3) is 3.71. The molecule has 98 valence electrons. The molecular weight excluding hydrogens is 272 g/mol. The number of aryl methyl sites for hydroxylation is 2. The maximum Gasteiger partial charge on any atom is 0.340 e. The van der Waals surface area contributed by atoms with E-state index in [2.05, 4.69) is 9.97 Å². The maximum atomic E-state index is 11.2. The number of halogens is 1. The van der Waals surface area contributed by atoms with E-state index in [4.69, 9.17) is 11.6 Å². The van der Waals surface area contributed by atoms with Crippen molar-refractivity contribution in [1.82, 2.24) is 9.97 Å². The fourth-order valence-corrected chi connectivity index (χ4v) is 2.49. The van der Waals surface area contributed by atoms with E-state index in [9.17, 15) is 9.90 Å². The van der Waals surface area contributed by atoms with Crippen molar-refractivity contribution in [2.24, 2.45) is 0 Å². The van der Waals surface area contributed by atoms with Crippen LogP contribution in [0.25, 0.3) is 0 Å². The Bertz CT molecular complexity index is 489. The Labute approximate surface area is 115 Å². The summed E-state index contributed by atoms with van der Waals surface area (Å²) in [5.74, 6) is 0.279. The van der Waals surface area contributed by atoms with Gasteiger partial charge in [0.1, 0.15) is 16.4 Å². The van der Waals surface area contributed by atoms with Gasteiger partial charge in [-0.1, -0.05) is 24.1 Å². The van der Waals surface area contributed by atoms with Gasteiger partial charge in [0.2, 0.25) is 0 Å². The van der Waals surface area contributed by atoms with Gasteiger partial charge in [0.25, 0.3) is 0 Å². The number of carboxylic acid groups (broad SMARTS) is 1. The number of aromatic nitrogens is 2. The minimum absolute atomic E-state index is 0.180. The molecule has 0 amide bonds. The molecule has 4 nitrogen and oxygen atoms in total. The zero-order valence-electron chi connectivity index (χ0n) is 10.5. The minimum Gasteiger partial charge on any atom is -0.478 e. The highest BCUT2D eigenvalue weighted by molar-refractivity contribution is 7.99. The summed E-state index contributed by atoms with van der Waals surface area (Å²) >= 11 is 6.95. The standard InChI is InChI=1S/C12H15ClN2O2S/c1-4-9-14-8(3)10(12(16)17)11(15-9)18-6-7(2)5-13/h5H,4,6H2,1-3H3,(H,16,17). The molecule has 1 heterocycles. The first-order valence-corrected chi connectivity index (χ1v) is 6.91. The minimum atomic E-state index is -0.995. The lowest BCUT2D eigenvalue weighted by molar-refractivity contribution is 0.0690. The molecule has 0 atom stereocenters. The number of thioether (sulfide) groups is 1. The van der Waals surface area contributed by atoms with E-state index in [0.717, 1.165) is 5.57 Å². The first-order valence-electron chi connectivity index (χ1n) is 5.49. The van der Waals surface area contributed by atoms with Gasteiger partial charge in [0, 0.05) is 17.7 Å². The van der Waals surface area contributed by atoms with Crippen molar-refractivity contribution in [3.8, 4) is 0 Å². The second kappa shape index (κ2) is 6.75. The summed E-state index contributed by atoms with van der Waals surface area (Å²) in [6, 6.07) is 0. The van der Waals surface area contributed by atoms with Crippen molar-refractivity contribution in [3.05, 3.63) is 28.2 Å². The first-order chi connectivity index (χ1) is 8.49. The lowest BCUT2D eigenvalue weighted by atomic mass is 10.2. The van der Waals surface area contributed by atoms with Gasteiger partial charge in [-0.15, -0.1) is 11.8 Å². The summed E-state index contributed by atoms with van der Waals surface area (Å²) in [4.78, 5) is 19.7. The third-order valence-corrected chi connectivity index (χ3v) is 3.80. The quantitative estimate of drug-likeness (QED) is 0.665. The van der Waals surface area contributed by atoms with Gasteiger partial charge in [0.15, 0.2) is 0 Å². The fourth-order valence-electron chi connectivity index (χ4n) is 1.32. The van der Waals surface area contributed by atoms with Crippen LogP contribution in [0.5, 0.6) is 0 Å². The van der Waals surface area contributed by atoms with Gasteiger partial charge in [-0.05, 0) is 13.8 Å². The van der Waals surface area contributed by atoms with E-state index < -0.39 is 5.97 Å². The van der Waals surface area contributed by atoms with Gasteiger partial charge in [-0.3, -0.25) is 0 Å². The lowest BCUT2D eigenvalue weighted by Gasteiger charge is -2.09.